The maximum absolute atomic E-state index is 11.8. The summed E-state index contributed by atoms with van der Waals surface area (Å²) in [6.45, 7) is 0. The molecule has 0 radical (unpaired) electrons. The molecule has 1 amide bonds. The highest BCUT2D eigenvalue weighted by atomic mass is 35.5. The zero-order chi connectivity index (χ0) is 11.5. The fraction of sp³-hybridized carbons (Fsp3) is 0.636. The van der Waals surface area contributed by atoms with E-state index in [4.69, 9.17) is 11.6 Å². The summed E-state index contributed by atoms with van der Waals surface area (Å²) < 4.78 is 1.62. The highest BCUT2D eigenvalue weighted by Crippen LogP contribution is 2.23. The summed E-state index contributed by atoms with van der Waals surface area (Å²) in [4.78, 5) is 11.8. The molecule has 1 aromatic heterocycles. The molecule has 5 heteroatoms. The summed E-state index contributed by atoms with van der Waals surface area (Å²) in [6.07, 6.45) is 6.00. The van der Waals surface area contributed by atoms with E-state index in [0.717, 1.165) is 25.7 Å². The Morgan fingerprint density at radius 3 is 2.94 bits per heavy atom. The van der Waals surface area contributed by atoms with E-state index in [1.54, 1.807) is 24.0 Å². The molecule has 0 spiro atoms. The van der Waals surface area contributed by atoms with Crippen molar-refractivity contribution in [3.8, 4) is 0 Å². The van der Waals surface area contributed by atoms with Gasteiger partial charge in [0.1, 0.15) is 5.69 Å². The third-order valence-corrected chi connectivity index (χ3v) is 3.47. The van der Waals surface area contributed by atoms with Gasteiger partial charge in [-0.3, -0.25) is 9.48 Å². The average Bonchev–Trinajstić information content (AvgIpc) is 2.68. The second kappa shape index (κ2) is 4.87. The first-order valence-corrected chi connectivity index (χ1v) is 6.05. The summed E-state index contributed by atoms with van der Waals surface area (Å²) in [6, 6.07) is 1.80. The number of nitrogens with one attached hydrogen (secondary N) is 1. The van der Waals surface area contributed by atoms with Crippen LogP contribution in [0.5, 0.6) is 0 Å². The lowest BCUT2D eigenvalue weighted by Crippen LogP contribution is -2.43. The van der Waals surface area contributed by atoms with E-state index in [-0.39, 0.29) is 17.3 Å². The van der Waals surface area contributed by atoms with Gasteiger partial charge in [0, 0.05) is 19.3 Å². The monoisotopic (exact) mass is 241 g/mol. The number of alkyl halides is 1. The molecular formula is C11H16ClN3O. The predicted octanol–water partition coefficient (Wildman–Crippen LogP) is 1.70. The van der Waals surface area contributed by atoms with Gasteiger partial charge in [-0.25, -0.2) is 0 Å². The normalized spacial score (nSPS) is 25.4. The summed E-state index contributed by atoms with van der Waals surface area (Å²) in [5, 5.41) is 7.07. The molecule has 0 aliphatic heterocycles. The van der Waals surface area contributed by atoms with Gasteiger partial charge in [0.25, 0.3) is 5.91 Å². The lowest BCUT2D eigenvalue weighted by atomic mass is 9.95. The molecule has 4 nitrogen and oxygen atoms in total. The van der Waals surface area contributed by atoms with E-state index in [2.05, 4.69) is 10.4 Å². The standard InChI is InChI=1S/C11H16ClN3O/c1-15-7-6-10(14-15)11(16)13-9-5-3-2-4-8(9)12/h6-9H,2-5H2,1H3,(H,13,16). The molecule has 88 valence electrons. The van der Waals surface area contributed by atoms with E-state index in [1.807, 2.05) is 0 Å². The first-order chi connectivity index (χ1) is 7.66. The van der Waals surface area contributed by atoms with Crippen LogP contribution < -0.4 is 5.32 Å². The Morgan fingerprint density at radius 2 is 2.31 bits per heavy atom. The largest absolute Gasteiger partial charge is 0.346 e. The van der Waals surface area contributed by atoms with Crippen LogP contribution in [0.4, 0.5) is 0 Å². The van der Waals surface area contributed by atoms with Crippen LogP contribution in [0.3, 0.4) is 0 Å². The molecule has 1 aromatic rings. The summed E-state index contributed by atoms with van der Waals surface area (Å²) >= 11 is 6.18. The third-order valence-electron chi connectivity index (χ3n) is 2.94. The maximum Gasteiger partial charge on any atom is 0.272 e. The van der Waals surface area contributed by atoms with Crippen molar-refractivity contribution < 1.29 is 4.79 Å². The third kappa shape index (κ3) is 2.55. The number of hydrogen-bond donors (Lipinski definition) is 1. The maximum atomic E-state index is 11.8. The highest BCUT2D eigenvalue weighted by Gasteiger charge is 2.25. The molecule has 1 saturated carbocycles. The van der Waals surface area contributed by atoms with Crippen LogP contribution in [0.1, 0.15) is 36.2 Å². The number of carbonyl (C=O) groups is 1. The van der Waals surface area contributed by atoms with Crippen molar-refractivity contribution in [1.29, 1.82) is 0 Å². The van der Waals surface area contributed by atoms with Gasteiger partial charge in [-0.15, -0.1) is 11.6 Å². The van der Waals surface area contributed by atoms with Gasteiger partial charge in [-0.2, -0.15) is 5.10 Å². The minimum absolute atomic E-state index is 0.0569. The zero-order valence-corrected chi connectivity index (χ0v) is 10.1. The Morgan fingerprint density at radius 1 is 1.56 bits per heavy atom. The molecule has 1 heterocycles. The van der Waals surface area contributed by atoms with Crippen LogP contribution in [-0.2, 0) is 7.05 Å². The van der Waals surface area contributed by atoms with E-state index in [0.29, 0.717) is 5.69 Å². The van der Waals surface area contributed by atoms with Crippen molar-refractivity contribution in [2.24, 2.45) is 7.05 Å². The van der Waals surface area contributed by atoms with E-state index < -0.39 is 0 Å². The van der Waals surface area contributed by atoms with Gasteiger partial charge in [-0.1, -0.05) is 12.8 Å². The van der Waals surface area contributed by atoms with Gasteiger partial charge >= 0.3 is 0 Å². The first-order valence-electron chi connectivity index (χ1n) is 5.61. The molecule has 1 N–H and O–H groups in total. The van der Waals surface area contributed by atoms with Crippen LogP contribution in [-0.4, -0.2) is 27.1 Å². The highest BCUT2D eigenvalue weighted by molar-refractivity contribution is 6.21. The number of halogens is 1. The van der Waals surface area contributed by atoms with E-state index in [1.165, 1.54) is 0 Å². The predicted molar refractivity (Wildman–Crippen MR) is 62.6 cm³/mol. The van der Waals surface area contributed by atoms with Crippen molar-refractivity contribution in [3.63, 3.8) is 0 Å². The Balaban J connectivity index is 1.96. The molecular weight excluding hydrogens is 226 g/mol. The Labute approximate surface area is 100.0 Å². The van der Waals surface area contributed by atoms with E-state index in [9.17, 15) is 4.79 Å². The van der Waals surface area contributed by atoms with Gasteiger partial charge in [-0.05, 0) is 18.9 Å². The molecule has 2 atom stereocenters. The first kappa shape index (κ1) is 11.5. The Hall–Kier alpha value is -1.03. The number of aryl methyl sites for hydroxylation is 1. The quantitative estimate of drug-likeness (QED) is 0.802. The summed E-state index contributed by atoms with van der Waals surface area (Å²) in [5.41, 5.74) is 0.456. The van der Waals surface area contributed by atoms with Gasteiger partial charge in [0.2, 0.25) is 0 Å². The van der Waals surface area contributed by atoms with Crippen LogP contribution in [0.2, 0.25) is 0 Å². The molecule has 0 saturated heterocycles. The molecule has 0 aromatic carbocycles. The smallest absolute Gasteiger partial charge is 0.272 e. The minimum atomic E-state index is -0.127. The lowest BCUT2D eigenvalue weighted by Gasteiger charge is -2.27. The lowest BCUT2D eigenvalue weighted by molar-refractivity contribution is 0.0923. The summed E-state index contributed by atoms with van der Waals surface area (Å²) in [5.74, 6) is -0.127. The Bertz CT molecular complexity index is 377. The molecule has 0 bridgehead atoms. The Kier molecular flexibility index (Phi) is 3.49. The second-order valence-corrected chi connectivity index (χ2v) is 4.82. The fourth-order valence-electron chi connectivity index (χ4n) is 2.03. The molecule has 2 unspecified atom stereocenters. The van der Waals surface area contributed by atoms with Gasteiger partial charge in [0.05, 0.1) is 5.38 Å². The van der Waals surface area contributed by atoms with Crippen molar-refractivity contribution >= 4 is 17.5 Å². The van der Waals surface area contributed by atoms with Crippen molar-refractivity contribution in [1.82, 2.24) is 15.1 Å². The van der Waals surface area contributed by atoms with Gasteiger partial charge in [0.15, 0.2) is 0 Å². The van der Waals surface area contributed by atoms with Crippen LogP contribution >= 0.6 is 11.6 Å². The van der Waals surface area contributed by atoms with Crippen molar-refractivity contribution in [2.45, 2.75) is 37.1 Å². The molecule has 1 aliphatic carbocycles. The zero-order valence-electron chi connectivity index (χ0n) is 9.32. The van der Waals surface area contributed by atoms with Crippen molar-refractivity contribution in [3.05, 3.63) is 18.0 Å². The average molecular weight is 242 g/mol. The van der Waals surface area contributed by atoms with E-state index >= 15 is 0 Å². The molecule has 2 rings (SSSR count). The van der Waals surface area contributed by atoms with Crippen LogP contribution in [0, 0.1) is 0 Å². The number of hydrogen-bond acceptors (Lipinski definition) is 2. The summed E-state index contributed by atoms with van der Waals surface area (Å²) in [7, 11) is 1.79. The second-order valence-electron chi connectivity index (χ2n) is 4.26. The number of amides is 1. The van der Waals surface area contributed by atoms with Crippen molar-refractivity contribution in [2.75, 3.05) is 0 Å². The number of rotatable bonds is 2. The topological polar surface area (TPSA) is 46.9 Å². The fourth-order valence-corrected chi connectivity index (χ4v) is 2.37. The molecule has 16 heavy (non-hydrogen) atoms. The number of aromatic nitrogens is 2. The SMILES string of the molecule is Cn1ccc(C(=O)NC2CCCCC2Cl)n1. The molecule has 1 fully saturated rings. The van der Waals surface area contributed by atoms with Crippen LogP contribution in [0.15, 0.2) is 12.3 Å². The van der Waals surface area contributed by atoms with Gasteiger partial charge < -0.3 is 5.32 Å². The number of carbonyl (C=O) groups excluding carboxylic acids is 1. The van der Waals surface area contributed by atoms with Crippen LogP contribution in [0.25, 0.3) is 0 Å². The number of nitrogens with zero attached hydrogens (tertiary/aromatic N) is 2. The minimum Gasteiger partial charge on any atom is -0.346 e. The molecule has 1 aliphatic rings.